The van der Waals surface area contributed by atoms with Gasteiger partial charge in [0.05, 0.1) is 13.2 Å². The van der Waals surface area contributed by atoms with Crippen LogP contribution in [0.5, 0.6) is 0 Å². The maximum atomic E-state index is 12.4. The number of aliphatic imine (C=N–C) groups is 1. The van der Waals surface area contributed by atoms with Crippen molar-refractivity contribution in [3.05, 3.63) is 0 Å². The quantitative estimate of drug-likeness (QED) is 0.524. The highest BCUT2D eigenvalue weighted by Gasteiger charge is 2.48. The molecule has 0 heterocycles. The molecule has 0 aromatic carbocycles. The Morgan fingerprint density at radius 2 is 1.88 bits per heavy atom. The second kappa shape index (κ2) is 6.87. The van der Waals surface area contributed by atoms with Crippen LogP contribution in [0.4, 0.5) is 0 Å². The van der Waals surface area contributed by atoms with Gasteiger partial charge in [-0.05, 0) is 52.6 Å². The molecular weight excluding hydrogens is 363 g/mol. The van der Waals surface area contributed by atoms with Gasteiger partial charge in [0.2, 0.25) is 5.28 Å². The Labute approximate surface area is 112 Å². The third-order valence-corrected chi connectivity index (χ3v) is 4.46. The molecule has 0 aliphatic rings. The van der Waals surface area contributed by atoms with E-state index in [1.54, 1.807) is 13.8 Å². The maximum Gasteiger partial charge on any atom is 0.372 e. The van der Waals surface area contributed by atoms with Crippen molar-refractivity contribution in [3.8, 4) is 6.07 Å². The van der Waals surface area contributed by atoms with Crippen LogP contribution in [-0.2, 0) is 13.6 Å². The second-order valence-corrected chi connectivity index (χ2v) is 7.77. The lowest BCUT2D eigenvalue weighted by molar-refractivity contribution is 0.207. The molecule has 8 heteroatoms. The first-order valence-electron chi connectivity index (χ1n) is 4.56. The number of nitrogens with zero attached hydrogens (tertiary/aromatic N) is 2. The number of nitriles is 1. The van der Waals surface area contributed by atoms with Crippen molar-refractivity contribution in [2.75, 3.05) is 13.2 Å². The summed E-state index contributed by atoms with van der Waals surface area (Å²) >= 11 is 6.06. The van der Waals surface area contributed by atoms with Gasteiger partial charge in [-0.3, -0.25) is 4.57 Å². The highest BCUT2D eigenvalue weighted by molar-refractivity contribution is 9.39. The van der Waals surface area contributed by atoms with E-state index in [0.717, 1.165) is 0 Å². The summed E-state index contributed by atoms with van der Waals surface area (Å²) in [5.41, 5.74) is 0. The molecule has 0 fully saturated rings. The van der Waals surface area contributed by atoms with Crippen molar-refractivity contribution in [2.45, 2.75) is 26.1 Å². The average molecular weight is 376 g/mol. The third-order valence-electron chi connectivity index (χ3n) is 1.65. The third kappa shape index (κ3) is 3.94. The number of rotatable bonds is 6. The van der Waals surface area contributed by atoms with Crippen LogP contribution in [0.2, 0.25) is 0 Å². The van der Waals surface area contributed by atoms with E-state index in [-0.39, 0.29) is 16.7 Å². The van der Waals surface area contributed by atoms with Gasteiger partial charge in [-0.2, -0.15) is 5.26 Å². The molecular formula is C8H13Br2N2O3P. The monoisotopic (exact) mass is 374 g/mol. The molecule has 0 unspecified atom stereocenters. The highest BCUT2D eigenvalue weighted by Crippen LogP contribution is 2.60. The number of hydrogen-bond donors (Lipinski definition) is 0. The molecule has 0 aromatic heterocycles. The lowest BCUT2D eigenvalue weighted by atomic mass is 10.4. The van der Waals surface area contributed by atoms with Crippen molar-refractivity contribution in [1.29, 1.82) is 5.26 Å². The first-order chi connectivity index (χ1) is 7.35. The van der Waals surface area contributed by atoms with Gasteiger partial charge < -0.3 is 9.05 Å². The van der Waals surface area contributed by atoms with Gasteiger partial charge in [-0.1, -0.05) is 0 Å². The normalized spacial score (nSPS) is 15.0. The van der Waals surface area contributed by atoms with Crippen molar-refractivity contribution < 1.29 is 13.6 Å². The molecule has 1 atom stereocenters. The van der Waals surface area contributed by atoms with E-state index < -0.39 is 12.9 Å². The summed E-state index contributed by atoms with van der Waals surface area (Å²) in [6.45, 7) is 5.13. The van der Waals surface area contributed by atoms with Gasteiger partial charge in [0.25, 0.3) is 0 Å². The topological polar surface area (TPSA) is 71.7 Å². The van der Waals surface area contributed by atoms with Crippen LogP contribution in [0, 0.1) is 11.3 Å². The van der Waals surface area contributed by atoms with Crippen molar-refractivity contribution in [3.63, 3.8) is 0 Å². The van der Waals surface area contributed by atoms with E-state index >= 15 is 0 Å². The largest absolute Gasteiger partial charge is 0.372 e. The first kappa shape index (κ1) is 16.3. The van der Waals surface area contributed by atoms with Crippen LogP contribution >= 0.6 is 39.5 Å². The molecule has 0 amide bonds. The predicted molar refractivity (Wildman–Crippen MR) is 70.2 cm³/mol. The molecule has 0 spiro atoms. The van der Waals surface area contributed by atoms with Crippen LogP contribution in [0.25, 0.3) is 0 Å². The zero-order chi connectivity index (χ0) is 12.8. The fourth-order valence-corrected chi connectivity index (χ4v) is 3.53. The molecule has 5 nitrogen and oxygen atoms in total. The number of halogens is 2. The fraction of sp³-hybridized carbons (Fsp3) is 0.750. The minimum atomic E-state index is -3.60. The predicted octanol–water partition coefficient (Wildman–Crippen LogP) is 3.64. The highest BCUT2D eigenvalue weighted by atomic mass is 79.9. The van der Waals surface area contributed by atoms with Crippen LogP contribution in [0.3, 0.4) is 0 Å². The number of hydrogen-bond acceptors (Lipinski definition) is 5. The van der Waals surface area contributed by atoms with E-state index in [1.807, 2.05) is 6.07 Å². The fourth-order valence-electron chi connectivity index (χ4n) is 0.941. The Kier molecular flexibility index (Phi) is 6.99. The van der Waals surface area contributed by atoms with Gasteiger partial charge in [0, 0.05) is 0 Å². The minimum absolute atomic E-state index is 0.184. The van der Waals surface area contributed by atoms with Crippen LogP contribution in [0.15, 0.2) is 4.99 Å². The summed E-state index contributed by atoms with van der Waals surface area (Å²) in [5.74, 6) is 0. The maximum absolute atomic E-state index is 12.4. The molecule has 0 aliphatic carbocycles. The molecule has 0 saturated heterocycles. The minimum Gasteiger partial charge on any atom is -0.306 e. The van der Waals surface area contributed by atoms with E-state index in [9.17, 15) is 4.57 Å². The Bertz CT molecular complexity index is 342. The molecule has 0 saturated carbocycles. The molecule has 0 aromatic rings. The van der Waals surface area contributed by atoms with E-state index in [1.165, 1.54) is 6.92 Å². The van der Waals surface area contributed by atoms with E-state index in [0.29, 0.717) is 0 Å². The summed E-state index contributed by atoms with van der Waals surface area (Å²) in [7, 11) is -3.60. The zero-order valence-electron chi connectivity index (χ0n) is 9.24. The second-order valence-electron chi connectivity index (χ2n) is 2.82. The van der Waals surface area contributed by atoms with E-state index in [2.05, 4.69) is 36.9 Å². The molecule has 0 radical (unpaired) electrons. The lowest BCUT2D eigenvalue weighted by Crippen LogP contribution is -2.23. The van der Waals surface area contributed by atoms with Crippen molar-refractivity contribution in [1.82, 2.24) is 0 Å². The van der Waals surface area contributed by atoms with Crippen LogP contribution in [-0.4, -0.2) is 22.0 Å². The van der Waals surface area contributed by atoms with E-state index in [4.69, 9.17) is 14.3 Å². The van der Waals surface area contributed by atoms with Crippen molar-refractivity contribution >= 4 is 43.0 Å². The zero-order valence-corrected chi connectivity index (χ0v) is 13.3. The SMILES string of the molecule is CCOP(=O)(OCC)[C@@](C)(C#N)N=C(Br)Br. The summed E-state index contributed by atoms with van der Waals surface area (Å²) < 4.78 is 22.8. The van der Waals surface area contributed by atoms with Crippen LogP contribution < -0.4 is 0 Å². The summed E-state index contributed by atoms with van der Waals surface area (Å²) in [5, 5.41) is 7.52. The van der Waals surface area contributed by atoms with Crippen molar-refractivity contribution in [2.24, 2.45) is 4.99 Å². The van der Waals surface area contributed by atoms with Gasteiger partial charge in [-0.15, -0.1) is 0 Å². The van der Waals surface area contributed by atoms with Crippen LogP contribution in [0.1, 0.15) is 20.8 Å². The summed E-state index contributed by atoms with van der Waals surface area (Å²) in [4.78, 5) is 3.91. The first-order valence-corrected chi connectivity index (χ1v) is 7.69. The molecule has 0 rings (SSSR count). The summed E-state index contributed by atoms with van der Waals surface area (Å²) in [6, 6.07) is 1.86. The van der Waals surface area contributed by atoms with Gasteiger partial charge in [-0.25, -0.2) is 4.99 Å². The Hall–Kier alpha value is 0.270. The lowest BCUT2D eigenvalue weighted by Gasteiger charge is -2.26. The van der Waals surface area contributed by atoms with Gasteiger partial charge >= 0.3 is 7.60 Å². The molecule has 16 heavy (non-hydrogen) atoms. The van der Waals surface area contributed by atoms with Gasteiger partial charge in [0.1, 0.15) is 9.60 Å². The molecule has 0 aliphatic heterocycles. The molecule has 92 valence electrons. The smallest absolute Gasteiger partial charge is 0.306 e. The summed E-state index contributed by atoms with van der Waals surface area (Å²) in [6.07, 6.45) is 0. The Morgan fingerprint density at radius 1 is 1.44 bits per heavy atom. The van der Waals surface area contributed by atoms with Gasteiger partial charge in [0.15, 0.2) is 0 Å². The Balaban J connectivity index is 5.40. The molecule has 0 bridgehead atoms. The standard InChI is InChI=1S/C8H13Br2N2O3P/c1-4-14-16(13,15-5-2)8(3,6-11)12-7(9)10/h4-5H2,1-3H3/t8-/m0/s1. The average Bonchev–Trinajstić information content (AvgIpc) is 2.17. The molecule has 0 N–H and O–H groups in total. The Morgan fingerprint density at radius 3 is 2.12 bits per heavy atom.